The van der Waals surface area contributed by atoms with Crippen LogP contribution in [0.5, 0.6) is 0 Å². The van der Waals surface area contributed by atoms with Gasteiger partial charge in [0.05, 0.1) is 5.56 Å². The summed E-state index contributed by atoms with van der Waals surface area (Å²) in [5.41, 5.74) is 14.2. The van der Waals surface area contributed by atoms with Gasteiger partial charge in [0.25, 0.3) is 0 Å². The van der Waals surface area contributed by atoms with E-state index in [1.807, 2.05) is 0 Å². The first kappa shape index (κ1) is 9.02. The molecule has 74 valence electrons. The summed E-state index contributed by atoms with van der Waals surface area (Å²) in [5.74, 6) is -0.932. The predicted octanol–water partition coefficient (Wildman–Crippen LogP) is 0.913. The van der Waals surface area contributed by atoms with E-state index in [0.29, 0.717) is 11.3 Å². The molecular weight excluding hydrogens is 180 g/mol. The molecule has 1 aliphatic carbocycles. The van der Waals surface area contributed by atoms with Crippen LogP contribution in [0.4, 0.5) is 5.69 Å². The maximum atomic E-state index is 10.9. The number of rotatable bonds is 1. The van der Waals surface area contributed by atoms with Crippen molar-refractivity contribution in [3.8, 4) is 0 Å². The zero-order valence-electron chi connectivity index (χ0n) is 7.66. The average Bonchev–Trinajstić information content (AvgIpc) is 2.50. The van der Waals surface area contributed by atoms with Crippen molar-refractivity contribution in [1.82, 2.24) is 0 Å². The molecular formula is C10H12N2O2. The number of carbonyl (C=O) groups is 1. The molecule has 0 fully saturated rings. The van der Waals surface area contributed by atoms with Crippen molar-refractivity contribution in [2.45, 2.75) is 18.9 Å². The molecule has 0 bridgehead atoms. The Morgan fingerprint density at radius 3 is 2.86 bits per heavy atom. The summed E-state index contributed by atoms with van der Waals surface area (Å²) in [6.45, 7) is 0. The van der Waals surface area contributed by atoms with Crippen LogP contribution >= 0.6 is 0 Å². The van der Waals surface area contributed by atoms with Crippen molar-refractivity contribution in [2.75, 3.05) is 5.73 Å². The van der Waals surface area contributed by atoms with Gasteiger partial charge >= 0.3 is 5.97 Å². The lowest BCUT2D eigenvalue weighted by molar-refractivity contribution is 0.0695. The largest absolute Gasteiger partial charge is 0.478 e. The third-order valence-electron chi connectivity index (χ3n) is 2.70. The number of hydrogen-bond donors (Lipinski definition) is 3. The normalized spacial score (nSPS) is 19.4. The van der Waals surface area contributed by atoms with E-state index in [1.165, 1.54) is 6.07 Å². The number of carboxylic acids is 1. The van der Waals surface area contributed by atoms with Crippen LogP contribution in [-0.4, -0.2) is 11.1 Å². The standard InChI is InChI=1S/C10H12N2O2/c11-7-3-2-6(10(13)14)9-5(7)1-4-8(9)12/h2-3,8H,1,4,11-12H2,(H,13,14). The lowest BCUT2D eigenvalue weighted by Gasteiger charge is -2.10. The Labute approximate surface area is 81.5 Å². The minimum absolute atomic E-state index is 0.181. The molecule has 1 unspecified atom stereocenters. The molecule has 14 heavy (non-hydrogen) atoms. The number of benzene rings is 1. The zero-order chi connectivity index (χ0) is 10.3. The third-order valence-corrected chi connectivity index (χ3v) is 2.70. The topological polar surface area (TPSA) is 89.3 Å². The Morgan fingerprint density at radius 2 is 2.21 bits per heavy atom. The van der Waals surface area contributed by atoms with Crippen LogP contribution < -0.4 is 11.5 Å². The highest BCUT2D eigenvalue weighted by atomic mass is 16.4. The van der Waals surface area contributed by atoms with Gasteiger partial charge in [0.1, 0.15) is 0 Å². The lowest BCUT2D eigenvalue weighted by Crippen LogP contribution is -2.12. The first-order valence-electron chi connectivity index (χ1n) is 4.51. The summed E-state index contributed by atoms with van der Waals surface area (Å²) in [7, 11) is 0. The summed E-state index contributed by atoms with van der Waals surface area (Å²) < 4.78 is 0. The van der Waals surface area contributed by atoms with E-state index >= 15 is 0 Å². The molecule has 4 heteroatoms. The van der Waals surface area contributed by atoms with Gasteiger partial charge in [0.15, 0.2) is 0 Å². The van der Waals surface area contributed by atoms with E-state index in [0.717, 1.165) is 24.0 Å². The Bertz CT molecular complexity index is 401. The van der Waals surface area contributed by atoms with Gasteiger partial charge in [-0.3, -0.25) is 0 Å². The van der Waals surface area contributed by atoms with Crippen molar-refractivity contribution >= 4 is 11.7 Å². The Balaban J connectivity index is 2.66. The molecule has 0 heterocycles. The fraction of sp³-hybridized carbons (Fsp3) is 0.300. The summed E-state index contributed by atoms with van der Waals surface area (Å²) in [6.07, 6.45) is 1.56. The highest BCUT2D eigenvalue weighted by Crippen LogP contribution is 2.35. The fourth-order valence-corrected chi connectivity index (χ4v) is 2.01. The van der Waals surface area contributed by atoms with E-state index in [1.54, 1.807) is 6.07 Å². The minimum Gasteiger partial charge on any atom is -0.478 e. The molecule has 0 aromatic heterocycles. The summed E-state index contributed by atoms with van der Waals surface area (Å²) in [6, 6.07) is 2.99. The molecule has 1 atom stereocenters. The van der Waals surface area contributed by atoms with Gasteiger partial charge < -0.3 is 16.6 Å². The van der Waals surface area contributed by atoms with Gasteiger partial charge in [-0.05, 0) is 36.1 Å². The average molecular weight is 192 g/mol. The SMILES string of the molecule is Nc1ccc(C(=O)O)c2c1CCC2N. The van der Waals surface area contributed by atoms with E-state index in [-0.39, 0.29) is 6.04 Å². The number of nitrogen functional groups attached to an aromatic ring is 1. The molecule has 4 nitrogen and oxygen atoms in total. The zero-order valence-corrected chi connectivity index (χ0v) is 7.66. The summed E-state index contributed by atoms with van der Waals surface area (Å²) in [4.78, 5) is 10.9. The van der Waals surface area contributed by atoms with Crippen molar-refractivity contribution in [3.05, 3.63) is 28.8 Å². The monoisotopic (exact) mass is 192 g/mol. The van der Waals surface area contributed by atoms with E-state index in [2.05, 4.69) is 0 Å². The first-order valence-corrected chi connectivity index (χ1v) is 4.51. The number of aromatic carboxylic acids is 1. The van der Waals surface area contributed by atoms with Gasteiger partial charge in [0.2, 0.25) is 0 Å². The number of carboxylic acid groups (broad SMARTS) is 1. The Hall–Kier alpha value is -1.55. The van der Waals surface area contributed by atoms with Gasteiger partial charge in [0, 0.05) is 11.7 Å². The molecule has 0 saturated carbocycles. The second-order valence-corrected chi connectivity index (χ2v) is 3.54. The minimum atomic E-state index is -0.932. The molecule has 0 aliphatic heterocycles. The van der Waals surface area contributed by atoms with Gasteiger partial charge in [-0.15, -0.1) is 0 Å². The molecule has 0 saturated heterocycles. The van der Waals surface area contributed by atoms with Crippen molar-refractivity contribution < 1.29 is 9.90 Å². The van der Waals surface area contributed by atoms with Crippen molar-refractivity contribution in [1.29, 1.82) is 0 Å². The first-order chi connectivity index (χ1) is 6.61. The molecule has 2 rings (SSSR count). The van der Waals surface area contributed by atoms with Gasteiger partial charge in [-0.25, -0.2) is 4.79 Å². The molecule has 0 spiro atoms. The number of hydrogen-bond acceptors (Lipinski definition) is 3. The summed E-state index contributed by atoms with van der Waals surface area (Å²) >= 11 is 0. The molecule has 0 amide bonds. The van der Waals surface area contributed by atoms with E-state index in [9.17, 15) is 4.79 Å². The molecule has 5 N–H and O–H groups in total. The Kier molecular flexibility index (Phi) is 1.93. The number of anilines is 1. The van der Waals surface area contributed by atoms with Gasteiger partial charge in [-0.2, -0.15) is 0 Å². The molecule has 1 aliphatic rings. The second-order valence-electron chi connectivity index (χ2n) is 3.54. The van der Waals surface area contributed by atoms with E-state index in [4.69, 9.17) is 16.6 Å². The number of fused-ring (bicyclic) bond motifs is 1. The van der Waals surface area contributed by atoms with Crippen molar-refractivity contribution in [3.63, 3.8) is 0 Å². The van der Waals surface area contributed by atoms with Crippen LogP contribution in [0.25, 0.3) is 0 Å². The quantitative estimate of drug-likeness (QED) is 0.577. The fourth-order valence-electron chi connectivity index (χ4n) is 2.01. The van der Waals surface area contributed by atoms with E-state index < -0.39 is 5.97 Å². The van der Waals surface area contributed by atoms with Gasteiger partial charge in [-0.1, -0.05) is 0 Å². The maximum absolute atomic E-state index is 10.9. The highest BCUT2D eigenvalue weighted by Gasteiger charge is 2.26. The molecule has 1 aromatic carbocycles. The molecule has 0 radical (unpaired) electrons. The highest BCUT2D eigenvalue weighted by molar-refractivity contribution is 5.91. The van der Waals surface area contributed by atoms with Crippen LogP contribution in [0.15, 0.2) is 12.1 Å². The third kappa shape index (κ3) is 1.15. The lowest BCUT2D eigenvalue weighted by atomic mass is 10.00. The predicted molar refractivity (Wildman–Crippen MR) is 53.1 cm³/mol. The molecule has 1 aromatic rings. The Morgan fingerprint density at radius 1 is 1.50 bits per heavy atom. The van der Waals surface area contributed by atoms with Crippen LogP contribution in [0, 0.1) is 0 Å². The maximum Gasteiger partial charge on any atom is 0.336 e. The van der Waals surface area contributed by atoms with Crippen LogP contribution in [-0.2, 0) is 6.42 Å². The summed E-state index contributed by atoms with van der Waals surface area (Å²) in [5, 5.41) is 8.96. The van der Waals surface area contributed by atoms with Crippen LogP contribution in [0.1, 0.15) is 33.9 Å². The number of nitrogens with two attached hydrogens (primary N) is 2. The van der Waals surface area contributed by atoms with Crippen LogP contribution in [0.2, 0.25) is 0 Å². The smallest absolute Gasteiger partial charge is 0.336 e. The van der Waals surface area contributed by atoms with Crippen LogP contribution in [0.3, 0.4) is 0 Å². The second kappa shape index (κ2) is 2.99. The van der Waals surface area contributed by atoms with Crippen molar-refractivity contribution in [2.24, 2.45) is 5.73 Å².